The number of likely N-dealkylation sites (N-methyl/N-ethyl adjacent to an activating group) is 1. The third kappa shape index (κ3) is 3.80. The summed E-state index contributed by atoms with van der Waals surface area (Å²) in [6.45, 7) is 6.65. The van der Waals surface area contributed by atoms with Crippen LogP contribution in [0, 0.1) is 6.92 Å². The highest BCUT2D eigenvalue weighted by atomic mass is 16.5. The van der Waals surface area contributed by atoms with Gasteiger partial charge in [0.15, 0.2) is 0 Å². The number of aryl methyl sites for hydroxylation is 1. The van der Waals surface area contributed by atoms with Gasteiger partial charge in [-0.15, -0.1) is 0 Å². The maximum atomic E-state index is 5.94. The minimum atomic E-state index is -0.0156. The molecular weight excluding hydrogens is 224 g/mol. The zero-order chi connectivity index (χ0) is 13.6. The number of hydrogen-bond acceptors (Lipinski definition) is 3. The van der Waals surface area contributed by atoms with Crippen LogP contribution < -0.4 is 5.73 Å². The Bertz CT molecular complexity index is 367. The van der Waals surface area contributed by atoms with E-state index in [4.69, 9.17) is 10.5 Å². The van der Waals surface area contributed by atoms with E-state index in [2.05, 4.69) is 50.1 Å². The molecule has 0 aliphatic carbocycles. The van der Waals surface area contributed by atoms with Gasteiger partial charge in [-0.25, -0.2) is 0 Å². The fourth-order valence-electron chi connectivity index (χ4n) is 2.00. The number of methoxy groups -OCH3 is 1. The molecule has 3 nitrogen and oxygen atoms in total. The summed E-state index contributed by atoms with van der Waals surface area (Å²) in [4.78, 5) is 2.33. The molecule has 0 bridgehead atoms. The predicted octanol–water partition coefficient (Wildman–Crippen LogP) is 2.18. The molecule has 102 valence electrons. The smallest absolute Gasteiger partial charge is 0.0480 e. The molecule has 3 heteroatoms. The van der Waals surface area contributed by atoms with E-state index in [0.29, 0.717) is 6.54 Å². The first-order chi connectivity index (χ1) is 8.53. The molecule has 0 aromatic heterocycles. The first-order valence-corrected chi connectivity index (χ1v) is 6.48. The van der Waals surface area contributed by atoms with E-state index in [-0.39, 0.29) is 5.54 Å². The average molecular weight is 250 g/mol. The monoisotopic (exact) mass is 250 g/mol. The topological polar surface area (TPSA) is 38.5 Å². The lowest BCUT2D eigenvalue weighted by Gasteiger charge is -2.38. The van der Waals surface area contributed by atoms with Crippen LogP contribution in [0.2, 0.25) is 0 Å². The van der Waals surface area contributed by atoms with Gasteiger partial charge in [0, 0.05) is 32.3 Å². The molecule has 0 amide bonds. The van der Waals surface area contributed by atoms with E-state index < -0.39 is 0 Å². The van der Waals surface area contributed by atoms with Crippen LogP contribution in [0.1, 0.15) is 24.5 Å². The quantitative estimate of drug-likeness (QED) is 0.806. The van der Waals surface area contributed by atoms with Gasteiger partial charge in [-0.2, -0.15) is 0 Å². The second-order valence-corrected chi connectivity index (χ2v) is 5.23. The van der Waals surface area contributed by atoms with Crippen molar-refractivity contribution in [2.75, 3.05) is 27.3 Å². The molecule has 2 N–H and O–H groups in total. The van der Waals surface area contributed by atoms with Crippen molar-refractivity contribution in [1.29, 1.82) is 0 Å². The Morgan fingerprint density at radius 2 is 2.00 bits per heavy atom. The van der Waals surface area contributed by atoms with Crippen molar-refractivity contribution in [3.8, 4) is 0 Å². The molecule has 18 heavy (non-hydrogen) atoms. The van der Waals surface area contributed by atoms with Gasteiger partial charge in [0.1, 0.15) is 0 Å². The summed E-state index contributed by atoms with van der Waals surface area (Å²) < 4.78 is 5.18. The molecule has 0 radical (unpaired) electrons. The van der Waals surface area contributed by atoms with Gasteiger partial charge >= 0.3 is 0 Å². The molecule has 1 atom stereocenters. The van der Waals surface area contributed by atoms with Crippen LogP contribution >= 0.6 is 0 Å². The third-order valence-corrected chi connectivity index (χ3v) is 3.87. The standard InChI is InChI=1S/C15H26N2O/c1-13-7-5-6-8-14(13)11-17(3)15(2,12-16)9-10-18-4/h5-8H,9-12,16H2,1-4H3. The Morgan fingerprint density at radius 3 is 2.56 bits per heavy atom. The van der Waals surface area contributed by atoms with Gasteiger partial charge in [0.05, 0.1) is 0 Å². The van der Waals surface area contributed by atoms with Gasteiger partial charge in [-0.1, -0.05) is 24.3 Å². The lowest BCUT2D eigenvalue weighted by Crippen LogP contribution is -2.50. The highest BCUT2D eigenvalue weighted by Gasteiger charge is 2.27. The van der Waals surface area contributed by atoms with Gasteiger partial charge < -0.3 is 10.5 Å². The summed E-state index contributed by atoms with van der Waals surface area (Å²) in [5.41, 5.74) is 8.62. The second kappa shape index (κ2) is 6.88. The van der Waals surface area contributed by atoms with E-state index in [9.17, 15) is 0 Å². The van der Waals surface area contributed by atoms with Gasteiger partial charge in [0.25, 0.3) is 0 Å². The summed E-state index contributed by atoms with van der Waals surface area (Å²) in [7, 11) is 3.87. The van der Waals surface area contributed by atoms with Crippen LogP contribution in [-0.4, -0.2) is 37.7 Å². The van der Waals surface area contributed by atoms with Crippen molar-refractivity contribution in [3.05, 3.63) is 35.4 Å². The fraction of sp³-hybridized carbons (Fsp3) is 0.600. The van der Waals surface area contributed by atoms with Crippen molar-refractivity contribution in [2.45, 2.75) is 32.4 Å². The highest BCUT2D eigenvalue weighted by Crippen LogP contribution is 2.20. The molecule has 1 rings (SSSR count). The minimum absolute atomic E-state index is 0.0156. The largest absolute Gasteiger partial charge is 0.385 e. The first-order valence-electron chi connectivity index (χ1n) is 6.48. The summed E-state index contributed by atoms with van der Waals surface area (Å²) >= 11 is 0. The lowest BCUT2D eigenvalue weighted by molar-refractivity contribution is 0.0838. The van der Waals surface area contributed by atoms with Gasteiger partial charge in [-0.3, -0.25) is 4.90 Å². The second-order valence-electron chi connectivity index (χ2n) is 5.23. The van der Waals surface area contributed by atoms with E-state index in [1.54, 1.807) is 7.11 Å². The van der Waals surface area contributed by atoms with Crippen molar-refractivity contribution in [3.63, 3.8) is 0 Å². The number of ether oxygens (including phenoxy) is 1. The van der Waals surface area contributed by atoms with Crippen LogP contribution in [0.4, 0.5) is 0 Å². The Hall–Kier alpha value is -0.900. The molecule has 0 saturated carbocycles. The molecular formula is C15H26N2O. The van der Waals surface area contributed by atoms with Crippen molar-refractivity contribution in [1.82, 2.24) is 4.90 Å². The Balaban J connectivity index is 2.73. The van der Waals surface area contributed by atoms with Crippen LogP contribution in [-0.2, 0) is 11.3 Å². The molecule has 0 heterocycles. The molecule has 1 aromatic rings. The maximum Gasteiger partial charge on any atom is 0.0480 e. The normalized spacial score (nSPS) is 14.8. The lowest BCUT2D eigenvalue weighted by atomic mass is 9.95. The minimum Gasteiger partial charge on any atom is -0.385 e. The first kappa shape index (κ1) is 15.2. The summed E-state index contributed by atoms with van der Waals surface area (Å²) in [5, 5.41) is 0. The third-order valence-electron chi connectivity index (χ3n) is 3.87. The van der Waals surface area contributed by atoms with E-state index in [1.807, 2.05) is 0 Å². The van der Waals surface area contributed by atoms with E-state index in [1.165, 1.54) is 11.1 Å². The van der Waals surface area contributed by atoms with Gasteiger partial charge in [0.2, 0.25) is 0 Å². The maximum absolute atomic E-state index is 5.94. The van der Waals surface area contributed by atoms with E-state index in [0.717, 1.165) is 19.6 Å². The van der Waals surface area contributed by atoms with Crippen molar-refractivity contribution in [2.24, 2.45) is 5.73 Å². The van der Waals surface area contributed by atoms with Crippen LogP contribution in [0.3, 0.4) is 0 Å². The average Bonchev–Trinajstić information content (AvgIpc) is 2.38. The van der Waals surface area contributed by atoms with Crippen molar-refractivity contribution < 1.29 is 4.74 Å². The van der Waals surface area contributed by atoms with Crippen LogP contribution in [0.5, 0.6) is 0 Å². The number of nitrogens with zero attached hydrogens (tertiary/aromatic N) is 1. The number of rotatable bonds is 7. The Morgan fingerprint density at radius 1 is 1.33 bits per heavy atom. The molecule has 1 unspecified atom stereocenters. The summed E-state index contributed by atoms with van der Waals surface area (Å²) in [6, 6.07) is 8.49. The molecule has 0 aliphatic rings. The predicted molar refractivity (Wildman–Crippen MR) is 76.6 cm³/mol. The number of nitrogens with two attached hydrogens (primary N) is 1. The summed E-state index contributed by atoms with van der Waals surface area (Å²) in [6.07, 6.45) is 0.947. The molecule has 1 aromatic carbocycles. The van der Waals surface area contributed by atoms with Crippen LogP contribution in [0.25, 0.3) is 0 Å². The Kier molecular flexibility index (Phi) is 5.79. The van der Waals surface area contributed by atoms with Crippen molar-refractivity contribution >= 4 is 0 Å². The fourth-order valence-corrected chi connectivity index (χ4v) is 2.00. The Labute approximate surface area is 111 Å². The molecule has 0 fully saturated rings. The number of benzene rings is 1. The van der Waals surface area contributed by atoms with Crippen LogP contribution in [0.15, 0.2) is 24.3 Å². The van der Waals surface area contributed by atoms with Gasteiger partial charge in [-0.05, 0) is 38.4 Å². The molecule has 0 spiro atoms. The summed E-state index contributed by atoms with van der Waals surface area (Å²) in [5.74, 6) is 0. The molecule has 0 saturated heterocycles. The van der Waals surface area contributed by atoms with E-state index >= 15 is 0 Å². The zero-order valence-electron chi connectivity index (χ0n) is 12.1. The number of hydrogen-bond donors (Lipinski definition) is 1. The molecule has 0 aliphatic heterocycles. The zero-order valence-corrected chi connectivity index (χ0v) is 12.1. The SMILES string of the molecule is COCCC(C)(CN)N(C)Cc1ccccc1C. The highest BCUT2D eigenvalue weighted by molar-refractivity contribution is 5.25.